The minimum atomic E-state index is -0.787. The van der Waals surface area contributed by atoms with Crippen LogP contribution in [0.15, 0.2) is 18.9 Å². The zero-order valence-electron chi connectivity index (χ0n) is 8.45. The average Bonchev–Trinajstić information content (AvgIpc) is 2.86. The molecule has 0 bridgehead atoms. The molecule has 0 aliphatic heterocycles. The van der Waals surface area contributed by atoms with Crippen molar-refractivity contribution in [3.05, 3.63) is 18.9 Å². The first-order chi connectivity index (χ1) is 7.79. The lowest BCUT2D eigenvalue weighted by molar-refractivity contribution is 0.103. The highest BCUT2D eigenvalue weighted by atomic mass is 16.7. The molecule has 0 unspecified atom stereocenters. The summed E-state index contributed by atoms with van der Waals surface area (Å²) in [6.07, 6.45) is 3.50. The zero-order valence-corrected chi connectivity index (χ0v) is 8.45. The first-order valence-electron chi connectivity index (χ1n) is 4.54. The van der Waals surface area contributed by atoms with Crippen molar-refractivity contribution in [2.24, 2.45) is 0 Å². The molecular weight excluding hydrogens is 214 g/mol. The summed E-state index contributed by atoms with van der Waals surface area (Å²) in [5.41, 5.74) is 0. The normalized spacial score (nSPS) is 10.1. The van der Waals surface area contributed by atoms with Gasteiger partial charge in [-0.3, -0.25) is 4.57 Å². The molecule has 0 atom stereocenters. The summed E-state index contributed by atoms with van der Waals surface area (Å²) in [5, 5.41) is 6.32. The van der Waals surface area contributed by atoms with Crippen LogP contribution in [0.25, 0.3) is 5.95 Å². The Morgan fingerprint density at radius 1 is 1.56 bits per heavy atom. The molecule has 2 heterocycles. The number of ether oxygens (including phenoxy) is 2. The number of carbonyl (C=O) groups is 1. The van der Waals surface area contributed by atoms with Crippen molar-refractivity contribution >= 4 is 6.16 Å². The largest absolute Gasteiger partial charge is 0.515 e. The number of carbonyl (C=O) groups excluding carboxylic acids is 1. The number of nitrogens with zero attached hydrogens (tertiary/aromatic N) is 4. The maximum atomic E-state index is 11.0. The van der Waals surface area contributed by atoms with E-state index in [4.69, 9.17) is 4.74 Å². The minimum Gasteiger partial charge on any atom is -0.434 e. The molecule has 8 nitrogen and oxygen atoms in total. The van der Waals surface area contributed by atoms with Gasteiger partial charge in [-0.25, -0.2) is 14.9 Å². The number of rotatable bonds is 3. The van der Waals surface area contributed by atoms with Crippen molar-refractivity contribution in [1.82, 2.24) is 24.7 Å². The third kappa shape index (κ3) is 2.16. The third-order valence-corrected chi connectivity index (χ3v) is 1.66. The third-order valence-electron chi connectivity index (χ3n) is 1.66. The van der Waals surface area contributed by atoms with Gasteiger partial charge < -0.3 is 9.47 Å². The van der Waals surface area contributed by atoms with E-state index in [1.54, 1.807) is 6.92 Å². The first-order valence-corrected chi connectivity index (χ1v) is 4.54. The van der Waals surface area contributed by atoms with Crippen molar-refractivity contribution in [3.63, 3.8) is 0 Å². The summed E-state index contributed by atoms with van der Waals surface area (Å²) >= 11 is 0. The Morgan fingerprint density at radius 2 is 2.44 bits per heavy atom. The van der Waals surface area contributed by atoms with Gasteiger partial charge in [-0.05, 0) is 6.92 Å². The SMILES string of the molecule is CCOC(=O)Oc1cn(-c2ncn[nH]2)cn1. The molecule has 2 aromatic heterocycles. The van der Waals surface area contributed by atoms with Gasteiger partial charge in [0.05, 0.1) is 12.8 Å². The van der Waals surface area contributed by atoms with Gasteiger partial charge in [-0.15, -0.1) is 0 Å². The maximum absolute atomic E-state index is 11.0. The second-order valence-corrected chi connectivity index (χ2v) is 2.71. The summed E-state index contributed by atoms with van der Waals surface area (Å²) in [4.78, 5) is 18.7. The monoisotopic (exact) mass is 223 g/mol. The standard InChI is InChI=1S/C8H9N5O3/c1-2-15-8(14)16-6-3-13(5-10-6)7-9-4-11-12-7/h3-5H,2H2,1H3,(H,9,11,12). The van der Waals surface area contributed by atoms with E-state index in [9.17, 15) is 4.79 Å². The van der Waals surface area contributed by atoms with E-state index in [-0.39, 0.29) is 12.5 Å². The van der Waals surface area contributed by atoms with E-state index >= 15 is 0 Å². The van der Waals surface area contributed by atoms with Crippen LogP contribution in [0.3, 0.4) is 0 Å². The topological polar surface area (TPSA) is 94.9 Å². The minimum absolute atomic E-state index is 0.134. The molecule has 8 heteroatoms. The highest BCUT2D eigenvalue weighted by Gasteiger charge is 2.09. The second kappa shape index (κ2) is 4.43. The molecule has 0 amide bonds. The summed E-state index contributed by atoms with van der Waals surface area (Å²) in [7, 11) is 0. The van der Waals surface area contributed by atoms with Gasteiger partial charge in [-0.1, -0.05) is 0 Å². The van der Waals surface area contributed by atoms with Crippen LogP contribution in [0.2, 0.25) is 0 Å². The Labute approximate surface area is 90.2 Å². The van der Waals surface area contributed by atoms with E-state index in [0.29, 0.717) is 5.95 Å². The number of hydrogen-bond acceptors (Lipinski definition) is 6. The zero-order chi connectivity index (χ0) is 11.4. The molecule has 1 N–H and O–H groups in total. The fourth-order valence-electron chi connectivity index (χ4n) is 1.03. The molecular formula is C8H9N5O3. The Kier molecular flexibility index (Phi) is 2.81. The molecule has 0 saturated carbocycles. The number of H-pyrrole nitrogens is 1. The van der Waals surface area contributed by atoms with Crippen LogP contribution in [0.4, 0.5) is 4.79 Å². The molecule has 0 aliphatic carbocycles. The van der Waals surface area contributed by atoms with E-state index < -0.39 is 6.16 Å². The summed E-state index contributed by atoms with van der Waals surface area (Å²) < 4.78 is 10.9. The van der Waals surface area contributed by atoms with Crippen LogP contribution >= 0.6 is 0 Å². The van der Waals surface area contributed by atoms with Crippen LogP contribution in [-0.2, 0) is 4.74 Å². The number of nitrogens with one attached hydrogen (secondary N) is 1. The smallest absolute Gasteiger partial charge is 0.434 e. The Hall–Kier alpha value is -2.38. The molecule has 84 valence electrons. The highest BCUT2D eigenvalue weighted by molar-refractivity contribution is 5.62. The quantitative estimate of drug-likeness (QED) is 0.762. The molecule has 2 rings (SSSR count). The molecule has 0 saturated heterocycles. The molecule has 16 heavy (non-hydrogen) atoms. The van der Waals surface area contributed by atoms with Crippen LogP contribution in [0.1, 0.15) is 6.92 Å². The van der Waals surface area contributed by atoms with E-state index in [1.807, 2.05) is 0 Å². The van der Waals surface area contributed by atoms with Crippen LogP contribution in [0.5, 0.6) is 5.88 Å². The molecule has 2 aromatic rings. The van der Waals surface area contributed by atoms with Crippen molar-refractivity contribution in [2.45, 2.75) is 6.92 Å². The van der Waals surface area contributed by atoms with Crippen molar-refractivity contribution in [1.29, 1.82) is 0 Å². The molecule has 0 fully saturated rings. The van der Waals surface area contributed by atoms with Crippen LogP contribution in [-0.4, -0.2) is 37.5 Å². The lowest BCUT2D eigenvalue weighted by Gasteiger charge is -1.99. The number of aromatic nitrogens is 5. The average molecular weight is 223 g/mol. The molecule has 0 spiro atoms. The van der Waals surface area contributed by atoms with Crippen molar-refractivity contribution in [3.8, 4) is 11.8 Å². The summed E-state index contributed by atoms with van der Waals surface area (Å²) in [6.45, 7) is 1.94. The molecule has 0 radical (unpaired) electrons. The maximum Gasteiger partial charge on any atom is 0.515 e. The van der Waals surface area contributed by atoms with Gasteiger partial charge in [-0.2, -0.15) is 10.1 Å². The lowest BCUT2D eigenvalue weighted by Crippen LogP contribution is -2.10. The number of hydrogen-bond donors (Lipinski definition) is 1. The second-order valence-electron chi connectivity index (χ2n) is 2.71. The van der Waals surface area contributed by atoms with Gasteiger partial charge in [0.25, 0.3) is 0 Å². The summed E-state index contributed by atoms with van der Waals surface area (Å²) in [5.74, 6) is 0.612. The van der Waals surface area contributed by atoms with Crippen LogP contribution < -0.4 is 4.74 Å². The van der Waals surface area contributed by atoms with Gasteiger partial charge in [0.2, 0.25) is 11.8 Å². The Bertz CT molecular complexity index is 464. The number of imidazole rings is 1. The molecule has 0 aromatic carbocycles. The van der Waals surface area contributed by atoms with Gasteiger partial charge >= 0.3 is 6.16 Å². The van der Waals surface area contributed by atoms with Gasteiger partial charge in [0.1, 0.15) is 12.7 Å². The van der Waals surface area contributed by atoms with Crippen molar-refractivity contribution < 1.29 is 14.3 Å². The predicted octanol–water partition coefficient (Wildman–Crippen LogP) is 0.526. The predicted molar refractivity (Wildman–Crippen MR) is 51.2 cm³/mol. The highest BCUT2D eigenvalue weighted by Crippen LogP contribution is 2.09. The van der Waals surface area contributed by atoms with Gasteiger partial charge in [0, 0.05) is 0 Å². The van der Waals surface area contributed by atoms with E-state index in [0.717, 1.165) is 0 Å². The Morgan fingerprint density at radius 3 is 3.12 bits per heavy atom. The summed E-state index contributed by atoms with van der Waals surface area (Å²) in [6, 6.07) is 0. The Balaban J connectivity index is 2.06. The fraction of sp³-hybridized carbons (Fsp3) is 0.250. The van der Waals surface area contributed by atoms with E-state index in [1.165, 1.54) is 23.4 Å². The number of aromatic amines is 1. The van der Waals surface area contributed by atoms with Crippen molar-refractivity contribution in [2.75, 3.05) is 6.61 Å². The lowest BCUT2D eigenvalue weighted by atomic mass is 10.8. The van der Waals surface area contributed by atoms with E-state index in [2.05, 4.69) is 24.9 Å². The molecule has 0 aliphatic rings. The van der Waals surface area contributed by atoms with Gasteiger partial charge in [0.15, 0.2) is 0 Å². The van der Waals surface area contributed by atoms with Crippen LogP contribution in [0, 0.1) is 0 Å². The first kappa shape index (κ1) is 10.1. The fourth-order valence-corrected chi connectivity index (χ4v) is 1.03.